The van der Waals surface area contributed by atoms with Crippen molar-refractivity contribution in [3.05, 3.63) is 21.7 Å². The maximum atomic E-state index is 13.2. The first-order chi connectivity index (χ1) is 15.9. The van der Waals surface area contributed by atoms with E-state index in [0.29, 0.717) is 6.42 Å². The molecule has 2 N–H and O–H groups in total. The van der Waals surface area contributed by atoms with Crippen LogP contribution in [0.3, 0.4) is 0 Å². The molecule has 3 rings (SSSR count). The van der Waals surface area contributed by atoms with Crippen LogP contribution in [0.2, 0.25) is 0 Å². The summed E-state index contributed by atoms with van der Waals surface area (Å²) in [6.45, 7) is 10.8. The molecule has 0 aromatic carbocycles. The van der Waals surface area contributed by atoms with Crippen LogP contribution in [0.5, 0.6) is 0 Å². The predicted molar refractivity (Wildman–Crippen MR) is 131 cm³/mol. The molecule has 190 valence electrons. The van der Waals surface area contributed by atoms with Gasteiger partial charge >= 0.3 is 5.97 Å². The number of Topliss-reactive ketones (excluding diaryl/α,β-unsaturated/α-hetero) is 1. The van der Waals surface area contributed by atoms with Gasteiger partial charge in [-0.05, 0) is 44.3 Å². The number of cyclic esters (lactones) is 1. The van der Waals surface area contributed by atoms with Gasteiger partial charge in [-0.1, -0.05) is 34.1 Å². The molecule has 0 spiro atoms. The van der Waals surface area contributed by atoms with E-state index in [2.05, 4.69) is 4.98 Å². The molecule has 8 heteroatoms. The number of hydrogen-bond acceptors (Lipinski definition) is 8. The lowest BCUT2D eigenvalue weighted by Gasteiger charge is -2.34. The number of aliphatic hydroxyl groups is 2. The first-order valence-corrected chi connectivity index (χ1v) is 13.1. The Hall–Kier alpha value is -1.61. The quantitative estimate of drug-likeness (QED) is 0.472. The lowest BCUT2D eigenvalue weighted by molar-refractivity contribution is -0.154. The Morgan fingerprint density at radius 1 is 1.21 bits per heavy atom. The molecule has 0 radical (unpaired) electrons. The van der Waals surface area contributed by atoms with E-state index < -0.39 is 35.6 Å². The molecule has 2 fully saturated rings. The molecule has 2 aliphatic heterocycles. The predicted octanol–water partition coefficient (Wildman–Crippen LogP) is 4.09. The first-order valence-electron chi connectivity index (χ1n) is 12.3. The van der Waals surface area contributed by atoms with Gasteiger partial charge in [0.25, 0.3) is 0 Å². The average molecular weight is 494 g/mol. The fourth-order valence-electron chi connectivity index (χ4n) is 4.78. The van der Waals surface area contributed by atoms with Crippen LogP contribution in [-0.4, -0.2) is 57.5 Å². The van der Waals surface area contributed by atoms with Crippen LogP contribution in [-0.2, 0) is 19.1 Å². The molecule has 0 amide bonds. The van der Waals surface area contributed by atoms with Crippen molar-refractivity contribution in [2.75, 3.05) is 0 Å². The minimum Gasteiger partial charge on any atom is -0.458 e. The standard InChI is InChI=1S/C26H39NO6S/c1-14-8-7-9-19-21(32-19)11-20(15(2)10-18-13-34-17(4)27-18)33-23(29)12-22(28)26(5,6)25(31)16(3)24(14)30/h10,13-14,16,19-22,24,28,30H,7-9,11-12H2,1-6H3/t14-,16+,19-,20?,21+,22-,24-/m0/s1. The van der Waals surface area contributed by atoms with Gasteiger partial charge in [-0.3, -0.25) is 9.59 Å². The number of fused-ring (bicyclic) bond motifs is 1. The summed E-state index contributed by atoms with van der Waals surface area (Å²) >= 11 is 1.56. The Morgan fingerprint density at radius 2 is 1.91 bits per heavy atom. The van der Waals surface area contributed by atoms with E-state index in [9.17, 15) is 19.8 Å². The molecule has 1 unspecified atom stereocenters. The van der Waals surface area contributed by atoms with Gasteiger partial charge in [-0.2, -0.15) is 0 Å². The van der Waals surface area contributed by atoms with Crippen LogP contribution < -0.4 is 0 Å². The van der Waals surface area contributed by atoms with Crippen molar-refractivity contribution in [1.82, 2.24) is 4.98 Å². The maximum Gasteiger partial charge on any atom is 0.309 e. The minimum absolute atomic E-state index is 0.00770. The number of thiazole rings is 1. The molecule has 0 saturated carbocycles. The summed E-state index contributed by atoms with van der Waals surface area (Å²) in [5.41, 5.74) is 0.494. The Kier molecular flexibility index (Phi) is 8.71. The Labute approximate surface area is 206 Å². The Morgan fingerprint density at radius 3 is 2.56 bits per heavy atom. The lowest BCUT2D eigenvalue weighted by atomic mass is 9.73. The average Bonchev–Trinajstić information content (AvgIpc) is 3.38. The number of aromatic nitrogens is 1. The number of nitrogens with zero attached hydrogens (tertiary/aromatic N) is 1. The third kappa shape index (κ3) is 6.53. The van der Waals surface area contributed by atoms with Crippen molar-refractivity contribution < 1.29 is 29.3 Å². The van der Waals surface area contributed by atoms with E-state index in [4.69, 9.17) is 9.47 Å². The molecule has 1 aromatic heterocycles. The smallest absolute Gasteiger partial charge is 0.309 e. The summed E-state index contributed by atoms with van der Waals surface area (Å²) in [4.78, 5) is 30.5. The number of epoxide rings is 1. The number of carbonyl (C=O) groups excluding carboxylic acids is 2. The van der Waals surface area contributed by atoms with Gasteiger partial charge in [0.05, 0.1) is 47.0 Å². The van der Waals surface area contributed by atoms with Crippen LogP contribution in [0.15, 0.2) is 11.0 Å². The molecule has 2 aliphatic rings. The highest BCUT2D eigenvalue weighted by atomic mass is 32.1. The van der Waals surface area contributed by atoms with E-state index in [0.717, 1.165) is 35.5 Å². The number of ether oxygens (including phenoxy) is 2. The molecule has 7 nitrogen and oxygen atoms in total. The Bertz CT molecular complexity index is 909. The summed E-state index contributed by atoms with van der Waals surface area (Å²) in [5.74, 6) is -1.52. The second-order valence-corrected chi connectivity index (χ2v) is 11.7. The molecule has 0 aliphatic carbocycles. The summed E-state index contributed by atoms with van der Waals surface area (Å²) in [6.07, 6.45) is 2.28. The second kappa shape index (κ2) is 11.0. The fourth-order valence-corrected chi connectivity index (χ4v) is 5.35. The van der Waals surface area contributed by atoms with E-state index in [1.54, 1.807) is 32.1 Å². The van der Waals surface area contributed by atoms with Crippen LogP contribution in [0.1, 0.15) is 77.4 Å². The van der Waals surface area contributed by atoms with Crippen LogP contribution in [0.25, 0.3) is 6.08 Å². The third-order valence-corrected chi connectivity index (χ3v) is 8.20. The summed E-state index contributed by atoms with van der Waals surface area (Å²) in [7, 11) is 0. The highest BCUT2D eigenvalue weighted by Gasteiger charge is 2.44. The van der Waals surface area contributed by atoms with Crippen LogP contribution >= 0.6 is 11.3 Å². The van der Waals surface area contributed by atoms with E-state index in [1.165, 1.54) is 0 Å². The zero-order valence-corrected chi connectivity index (χ0v) is 21.9. The summed E-state index contributed by atoms with van der Waals surface area (Å²) in [5, 5.41) is 24.5. The molecule has 0 bridgehead atoms. The van der Waals surface area contributed by atoms with Gasteiger partial charge < -0.3 is 19.7 Å². The highest BCUT2D eigenvalue weighted by Crippen LogP contribution is 2.36. The molecular weight excluding hydrogens is 454 g/mol. The number of carbonyl (C=O) groups is 2. The number of aliphatic hydroxyl groups excluding tert-OH is 2. The van der Waals surface area contributed by atoms with E-state index >= 15 is 0 Å². The summed E-state index contributed by atoms with van der Waals surface area (Å²) < 4.78 is 11.7. The van der Waals surface area contributed by atoms with Crippen molar-refractivity contribution in [3.63, 3.8) is 0 Å². The van der Waals surface area contributed by atoms with Gasteiger partial charge in [0.1, 0.15) is 11.9 Å². The number of hydrogen-bond donors (Lipinski definition) is 2. The van der Waals surface area contributed by atoms with Crippen molar-refractivity contribution in [3.8, 4) is 0 Å². The van der Waals surface area contributed by atoms with Gasteiger partial charge in [-0.15, -0.1) is 11.3 Å². The number of ketones is 1. The van der Waals surface area contributed by atoms with E-state index in [-0.39, 0.29) is 30.3 Å². The molecule has 7 atom stereocenters. The summed E-state index contributed by atoms with van der Waals surface area (Å²) in [6, 6.07) is 0. The minimum atomic E-state index is -1.22. The highest BCUT2D eigenvalue weighted by molar-refractivity contribution is 7.09. The number of aryl methyl sites for hydroxylation is 1. The number of esters is 1. The molecule has 3 heterocycles. The lowest BCUT2D eigenvalue weighted by Crippen LogP contribution is -2.45. The second-order valence-electron chi connectivity index (χ2n) is 10.6. The van der Waals surface area contributed by atoms with Crippen molar-refractivity contribution >= 4 is 29.2 Å². The molecular formula is C26H39NO6S. The molecule has 2 saturated heterocycles. The SMILES string of the molecule is CC(=Cc1csc(C)n1)C1C[C@H]2O[C@H]2CCC[C@H](C)[C@H](O)[C@@H](C)C(=O)C(C)(C)[C@@H](O)CC(=O)O1. The van der Waals surface area contributed by atoms with Crippen molar-refractivity contribution in [1.29, 1.82) is 0 Å². The van der Waals surface area contributed by atoms with Crippen molar-refractivity contribution in [2.45, 2.75) is 104 Å². The normalized spacial score (nSPS) is 36.0. The topological polar surface area (TPSA) is 109 Å². The number of rotatable bonds is 2. The third-order valence-electron chi connectivity index (χ3n) is 7.41. The largest absolute Gasteiger partial charge is 0.458 e. The van der Waals surface area contributed by atoms with Gasteiger partial charge in [0, 0.05) is 17.7 Å². The first kappa shape index (κ1) is 27.0. The fraction of sp³-hybridized carbons (Fsp3) is 0.731. The van der Waals surface area contributed by atoms with Gasteiger partial charge in [0.15, 0.2) is 0 Å². The van der Waals surface area contributed by atoms with E-state index in [1.807, 2.05) is 32.2 Å². The van der Waals surface area contributed by atoms with Gasteiger partial charge in [-0.25, -0.2) is 4.98 Å². The van der Waals surface area contributed by atoms with Crippen LogP contribution in [0.4, 0.5) is 0 Å². The van der Waals surface area contributed by atoms with Crippen LogP contribution in [0, 0.1) is 24.2 Å². The molecule has 1 aromatic rings. The Balaban J connectivity index is 1.81. The maximum absolute atomic E-state index is 13.2. The molecule has 34 heavy (non-hydrogen) atoms. The zero-order valence-electron chi connectivity index (χ0n) is 21.1. The van der Waals surface area contributed by atoms with Crippen molar-refractivity contribution in [2.24, 2.45) is 17.3 Å². The zero-order chi connectivity index (χ0) is 25.2. The monoisotopic (exact) mass is 493 g/mol. The van der Waals surface area contributed by atoms with Gasteiger partial charge in [0.2, 0.25) is 0 Å².